The van der Waals surface area contributed by atoms with Crippen molar-refractivity contribution in [2.45, 2.75) is 32.2 Å². The van der Waals surface area contributed by atoms with Crippen molar-refractivity contribution in [2.24, 2.45) is 5.92 Å². The average molecular weight is 293 g/mol. The number of hydrogen-bond donors (Lipinski definition) is 1. The van der Waals surface area contributed by atoms with Crippen LogP contribution in [0.1, 0.15) is 40.6 Å². The van der Waals surface area contributed by atoms with E-state index in [1.165, 1.54) is 28.4 Å². The predicted molar refractivity (Wildman–Crippen MR) is 88.7 cm³/mol. The highest BCUT2D eigenvalue weighted by Gasteiger charge is 2.39. The van der Waals surface area contributed by atoms with Crippen molar-refractivity contribution in [3.05, 3.63) is 76.6 Å². The number of nitrogens with one attached hydrogen (secondary N) is 1. The summed E-state index contributed by atoms with van der Waals surface area (Å²) in [6.45, 7) is 4.33. The van der Waals surface area contributed by atoms with E-state index in [0.717, 1.165) is 12.0 Å². The zero-order valence-corrected chi connectivity index (χ0v) is 12.9. The maximum Gasteiger partial charge on any atom is 0.123 e. The second-order valence-corrected chi connectivity index (χ2v) is 6.52. The molecule has 2 aromatic carbocycles. The summed E-state index contributed by atoms with van der Waals surface area (Å²) in [4.78, 5) is 0. The maximum absolute atomic E-state index is 13.7. The molecule has 0 radical (unpaired) electrons. The molecule has 112 valence electrons. The minimum Gasteiger partial charge on any atom is -0.377 e. The Labute approximate surface area is 130 Å². The van der Waals surface area contributed by atoms with Gasteiger partial charge in [0.15, 0.2) is 0 Å². The van der Waals surface area contributed by atoms with E-state index in [4.69, 9.17) is 0 Å². The number of allylic oxidation sites excluding steroid dienone is 2. The van der Waals surface area contributed by atoms with E-state index >= 15 is 0 Å². The van der Waals surface area contributed by atoms with Crippen LogP contribution in [-0.4, -0.2) is 0 Å². The number of hydrogen-bond acceptors (Lipinski definition) is 1. The molecule has 1 aliphatic heterocycles. The van der Waals surface area contributed by atoms with E-state index in [1.807, 2.05) is 12.1 Å². The number of aryl methyl sites for hydroxylation is 2. The van der Waals surface area contributed by atoms with E-state index in [9.17, 15) is 4.39 Å². The minimum absolute atomic E-state index is 0.159. The maximum atomic E-state index is 13.7. The van der Waals surface area contributed by atoms with E-state index in [-0.39, 0.29) is 11.9 Å². The molecule has 3 atom stereocenters. The first-order valence-corrected chi connectivity index (χ1v) is 7.94. The fourth-order valence-electron chi connectivity index (χ4n) is 4.07. The summed E-state index contributed by atoms with van der Waals surface area (Å²) in [7, 11) is 0. The Hall–Kier alpha value is -2.09. The molecule has 1 aliphatic carbocycles. The fraction of sp³-hybridized carbons (Fsp3) is 0.300. The highest BCUT2D eigenvalue weighted by Crippen LogP contribution is 2.51. The minimum atomic E-state index is -0.159. The molecule has 22 heavy (non-hydrogen) atoms. The molecule has 0 bridgehead atoms. The van der Waals surface area contributed by atoms with Gasteiger partial charge in [-0.2, -0.15) is 0 Å². The molecule has 2 aliphatic rings. The van der Waals surface area contributed by atoms with Crippen LogP contribution in [-0.2, 0) is 0 Å². The zero-order valence-electron chi connectivity index (χ0n) is 12.9. The largest absolute Gasteiger partial charge is 0.377 e. The van der Waals surface area contributed by atoms with Crippen LogP contribution in [0.3, 0.4) is 0 Å². The number of halogens is 1. The van der Waals surface area contributed by atoms with E-state index in [1.54, 1.807) is 6.07 Å². The van der Waals surface area contributed by atoms with Crippen LogP contribution in [0.25, 0.3) is 0 Å². The molecular formula is C20H20FN. The fourth-order valence-corrected chi connectivity index (χ4v) is 4.07. The van der Waals surface area contributed by atoms with Gasteiger partial charge in [-0.15, -0.1) is 0 Å². The molecular weight excluding hydrogens is 273 g/mol. The van der Waals surface area contributed by atoms with Crippen LogP contribution >= 0.6 is 0 Å². The van der Waals surface area contributed by atoms with Gasteiger partial charge in [0.25, 0.3) is 0 Å². The molecule has 0 saturated heterocycles. The van der Waals surface area contributed by atoms with Crippen molar-refractivity contribution < 1.29 is 4.39 Å². The smallest absolute Gasteiger partial charge is 0.123 e. The highest BCUT2D eigenvalue weighted by molar-refractivity contribution is 5.66. The van der Waals surface area contributed by atoms with Crippen molar-refractivity contribution >= 4 is 5.69 Å². The summed E-state index contributed by atoms with van der Waals surface area (Å²) in [5.74, 6) is 0.743. The van der Waals surface area contributed by atoms with Crippen molar-refractivity contribution in [1.82, 2.24) is 0 Å². The van der Waals surface area contributed by atoms with Crippen molar-refractivity contribution in [3.63, 3.8) is 0 Å². The normalized spacial score (nSPS) is 25.5. The monoisotopic (exact) mass is 293 g/mol. The highest BCUT2D eigenvalue weighted by atomic mass is 19.1. The molecule has 0 spiro atoms. The van der Waals surface area contributed by atoms with Crippen molar-refractivity contribution in [1.29, 1.82) is 0 Å². The number of fused-ring (bicyclic) bond motifs is 3. The van der Waals surface area contributed by atoms with Gasteiger partial charge in [-0.3, -0.25) is 0 Å². The van der Waals surface area contributed by atoms with Crippen molar-refractivity contribution in [2.75, 3.05) is 5.32 Å². The third-order valence-electron chi connectivity index (χ3n) is 5.15. The Kier molecular flexibility index (Phi) is 3.07. The molecule has 2 heteroatoms. The lowest BCUT2D eigenvalue weighted by Gasteiger charge is -2.39. The van der Waals surface area contributed by atoms with Crippen LogP contribution < -0.4 is 5.32 Å². The number of anilines is 1. The quantitative estimate of drug-likeness (QED) is 0.706. The van der Waals surface area contributed by atoms with Gasteiger partial charge in [-0.1, -0.05) is 36.4 Å². The Morgan fingerprint density at radius 2 is 1.91 bits per heavy atom. The van der Waals surface area contributed by atoms with Gasteiger partial charge in [0, 0.05) is 11.6 Å². The summed E-state index contributed by atoms with van der Waals surface area (Å²) in [5.41, 5.74) is 6.31. The van der Waals surface area contributed by atoms with Gasteiger partial charge >= 0.3 is 0 Å². The van der Waals surface area contributed by atoms with Crippen LogP contribution in [0, 0.1) is 25.6 Å². The molecule has 0 amide bonds. The Bertz CT molecular complexity index is 762. The second kappa shape index (κ2) is 4.98. The molecule has 0 fully saturated rings. The molecule has 0 unspecified atom stereocenters. The second-order valence-electron chi connectivity index (χ2n) is 6.52. The van der Waals surface area contributed by atoms with Crippen molar-refractivity contribution in [3.8, 4) is 0 Å². The Balaban J connectivity index is 1.86. The van der Waals surface area contributed by atoms with Gasteiger partial charge < -0.3 is 5.32 Å². The molecule has 2 aromatic rings. The SMILES string of the molecule is Cc1ccc(C)c2c1N[C@H](c1cccc(F)c1)[C@H]1CC=C[C@@H]21. The molecule has 0 aromatic heterocycles. The molecule has 0 saturated carbocycles. The number of rotatable bonds is 1. The first kappa shape index (κ1) is 13.6. The summed E-state index contributed by atoms with van der Waals surface area (Å²) in [5, 5.41) is 3.71. The summed E-state index contributed by atoms with van der Waals surface area (Å²) in [6.07, 6.45) is 5.66. The predicted octanol–water partition coefficient (Wildman–Crippen LogP) is 5.27. The number of benzene rings is 2. The lowest BCUT2D eigenvalue weighted by molar-refractivity contribution is 0.422. The summed E-state index contributed by atoms with van der Waals surface area (Å²) < 4.78 is 13.7. The van der Waals surface area contributed by atoms with E-state index in [0.29, 0.717) is 11.8 Å². The first-order chi connectivity index (χ1) is 10.6. The molecule has 1 heterocycles. The van der Waals surface area contributed by atoms with E-state index < -0.39 is 0 Å². The molecule has 1 N–H and O–H groups in total. The van der Waals surface area contributed by atoms with E-state index in [2.05, 4.69) is 43.4 Å². The van der Waals surface area contributed by atoms with Crippen LogP contribution in [0.4, 0.5) is 10.1 Å². The topological polar surface area (TPSA) is 12.0 Å². The zero-order chi connectivity index (χ0) is 15.3. The Morgan fingerprint density at radius 3 is 2.73 bits per heavy atom. The van der Waals surface area contributed by atoms with Gasteiger partial charge in [0.1, 0.15) is 5.82 Å². The summed E-state index contributed by atoms with van der Waals surface area (Å²) in [6, 6.07) is 11.6. The van der Waals surface area contributed by atoms with Crippen LogP contribution in [0.2, 0.25) is 0 Å². The first-order valence-electron chi connectivity index (χ1n) is 7.94. The van der Waals surface area contributed by atoms with Gasteiger partial charge in [0.05, 0.1) is 6.04 Å². The lowest BCUT2D eigenvalue weighted by atomic mass is 9.75. The van der Waals surface area contributed by atoms with Gasteiger partial charge in [0.2, 0.25) is 0 Å². The van der Waals surface area contributed by atoms with Gasteiger partial charge in [-0.05, 0) is 60.6 Å². The van der Waals surface area contributed by atoms with Gasteiger partial charge in [-0.25, -0.2) is 4.39 Å². The van der Waals surface area contributed by atoms with Crippen LogP contribution in [0.15, 0.2) is 48.6 Å². The standard InChI is InChI=1S/C20H20FN/c1-12-9-10-13(2)19-18(12)16-7-4-8-17(16)20(22-19)14-5-3-6-15(21)11-14/h3-7,9-11,16-17,20,22H,8H2,1-2H3/t16-,17+,20-/m1/s1. The third-order valence-corrected chi connectivity index (χ3v) is 5.15. The summed E-state index contributed by atoms with van der Waals surface area (Å²) >= 11 is 0. The van der Waals surface area contributed by atoms with Crippen LogP contribution in [0.5, 0.6) is 0 Å². The lowest BCUT2D eigenvalue weighted by Crippen LogP contribution is -2.30. The molecule has 1 nitrogen and oxygen atoms in total. The average Bonchev–Trinajstić information content (AvgIpc) is 2.99. The molecule has 4 rings (SSSR count). The third kappa shape index (κ3) is 1.98. The Morgan fingerprint density at radius 1 is 1.09 bits per heavy atom.